The summed E-state index contributed by atoms with van der Waals surface area (Å²) in [5.41, 5.74) is 7.33. The number of rotatable bonds is 26. The summed E-state index contributed by atoms with van der Waals surface area (Å²) in [6, 6.07) is 40.7. The second-order valence-corrected chi connectivity index (χ2v) is 18.1. The Morgan fingerprint density at radius 1 is 0.253 bits per heavy atom. The van der Waals surface area contributed by atoms with Crippen molar-refractivity contribution in [1.29, 1.82) is 0 Å². The molecule has 0 N–H and O–H groups in total. The molecule has 75 heavy (non-hydrogen) atoms. The first-order valence-electron chi connectivity index (χ1n) is 24.4. The fourth-order valence-electron chi connectivity index (χ4n) is 6.98. The summed E-state index contributed by atoms with van der Waals surface area (Å²) < 4.78 is 52.6. The molecular formula is C60H62O15. The van der Waals surface area contributed by atoms with E-state index in [9.17, 15) is 28.8 Å². The minimum atomic E-state index is -1.09. The molecule has 0 aliphatic rings. The molecule has 0 saturated carbocycles. The Hall–Kier alpha value is -7.98. The maximum Gasteiger partial charge on any atom is 0.338 e. The first-order valence-corrected chi connectivity index (χ1v) is 24.4. The zero-order chi connectivity index (χ0) is 53.7. The highest BCUT2D eigenvalue weighted by molar-refractivity contribution is 5.92. The SMILES string of the molecule is Cc1ccc(C(=O)OCC(COCC(COCC(COCC(COC(=O)c2ccc(C)cc2)OC(=O)c2ccc(C)cc2)OC(=O)c2ccc(C)cc2)OC(=O)c2ccc(C)cc2)OC(=O)c2ccc(C)cc2)cc1. The van der Waals surface area contributed by atoms with Gasteiger partial charge in [0.1, 0.15) is 25.4 Å². The van der Waals surface area contributed by atoms with Crippen LogP contribution in [0.25, 0.3) is 0 Å². The normalized spacial score (nSPS) is 12.6. The van der Waals surface area contributed by atoms with Crippen molar-refractivity contribution in [1.82, 2.24) is 0 Å². The summed E-state index contributed by atoms with van der Waals surface area (Å²) in [7, 11) is 0. The van der Waals surface area contributed by atoms with Crippen molar-refractivity contribution in [2.75, 3.05) is 52.9 Å². The lowest BCUT2D eigenvalue weighted by atomic mass is 10.1. The first-order chi connectivity index (χ1) is 36.1. The Labute approximate surface area is 436 Å². The fraction of sp³-hybridized carbons (Fsp3) is 0.300. The quantitative estimate of drug-likeness (QED) is 0.0369. The van der Waals surface area contributed by atoms with E-state index in [0.717, 1.165) is 33.4 Å². The van der Waals surface area contributed by atoms with E-state index in [-0.39, 0.29) is 75.1 Å². The summed E-state index contributed by atoms with van der Waals surface area (Å²) in [5.74, 6) is -3.97. The van der Waals surface area contributed by atoms with Crippen molar-refractivity contribution in [3.8, 4) is 0 Å². The van der Waals surface area contributed by atoms with E-state index in [4.69, 9.17) is 42.6 Å². The van der Waals surface area contributed by atoms with Gasteiger partial charge in [-0.1, -0.05) is 106 Å². The van der Waals surface area contributed by atoms with Gasteiger partial charge < -0.3 is 42.6 Å². The number of ether oxygens (including phenoxy) is 9. The highest BCUT2D eigenvalue weighted by atomic mass is 16.6. The Morgan fingerprint density at radius 3 is 0.600 bits per heavy atom. The maximum absolute atomic E-state index is 13.5. The molecule has 15 heteroatoms. The molecule has 0 bridgehead atoms. The smallest absolute Gasteiger partial charge is 0.338 e. The van der Waals surface area contributed by atoms with E-state index in [1.54, 1.807) is 146 Å². The Morgan fingerprint density at radius 2 is 0.413 bits per heavy atom. The van der Waals surface area contributed by atoms with Crippen molar-refractivity contribution in [2.24, 2.45) is 0 Å². The van der Waals surface area contributed by atoms with E-state index in [1.165, 1.54) is 0 Å². The van der Waals surface area contributed by atoms with Crippen LogP contribution in [0.4, 0.5) is 0 Å². The molecule has 0 radical (unpaired) electrons. The van der Waals surface area contributed by atoms with Gasteiger partial charge in [-0.3, -0.25) is 0 Å². The van der Waals surface area contributed by atoms with Gasteiger partial charge >= 0.3 is 35.8 Å². The molecular weight excluding hydrogens is 961 g/mol. The zero-order valence-corrected chi connectivity index (χ0v) is 42.9. The summed E-state index contributed by atoms with van der Waals surface area (Å²) in [5, 5.41) is 0. The van der Waals surface area contributed by atoms with Crippen molar-refractivity contribution >= 4 is 35.8 Å². The fourth-order valence-corrected chi connectivity index (χ4v) is 6.98. The lowest BCUT2D eigenvalue weighted by Crippen LogP contribution is -2.36. The van der Waals surface area contributed by atoms with Gasteiger partial charge in [-0.25, -0.2) is 28.8 Å². The number of aryl methyl sites for hydroxylation is 6. The van der Waals surface area contributed by atoms with Gasteiger partial charge in [-0.05, 0) is 114 Å². The van der Waals surface area contributed by atoms with Crippen LogP contribution in [0.1, 0.15) is 95.5 Å². The zero-order valence-electron chi connectivity index (χ0n) is 42.9. The predicted molar refractivity (Wildman–Crippen MR) is 277 cm³/mol. The molecule has 0 spiro atoms. The maximum atomic E-state index is 13.5. The first kappa shape index (κ1) is 56.3. The monoisotopic (exact) mass is 1020 g/mol. The predicted octanol–water partition coefficient (Wildman–Crippen LogP) is 9.50. The Kier molecular flexibility index (Phi) is 21.4. The standard InChI is InChI=1S/C60H62O15/c1-39-7-19-45(20-8-39)55(61)70-37-53(74-59(65)49-27-15-43(5)16-28-49)35-68-33-51(72-57(63)47-23-11-41(3)12-24-47)31-67-32-52(73-58(64)48-25-13-42(4)14-26-48)34-69-36-54(75-60(66)50-29-17-44(6)18-30-50)38-71-56(62)46-21-9-40(2)10-22-46/h7-30,51-54H,31-38H2,1-6H3. The molecule has 392 valence electrons. The number of carbonyl (C=O) groups is 6. The average molecular weight is 1020 g/mol. The van der Waals surface area contributed by atoms with Gasteiger partial charge in [0.2, 0.25) is 0 Å². The molecule has 6 rings (SSSR count). The van der Waals surface area contributed by atoms with Gasteiger partial charge in [-0.2, -0.15) is 0 Å². The molecule has 0 aliphatic carbocycles. The number of hydrogen-bond donors (Lipinski definition) is 0. The number of hydrogen-bond acceptors (Lipinski definition) is 15. The molecule has 4 unspecified atom stereocenters. The second-order valence-electron chi connectivity index (χ2n) is 18.1. The molecule has 0 heterocycles. The Bertz CT molecular complexity index is 2610. The van der Waals surface area contributed by atoms with Crippen LogP contribution < -0.4 is 0 Å². The number of benzene rings is 6. The second kappa shape index (κ2) is 28.5. The highest BCUT2D eigenvalue weighted by Crippen LogP contribution is 2.15. The molecule has 0 amide bonds. The van der Waals surface area contributed by atoms with E-state index >= 15 is 0 Å². The van der Waals surface area contributed by atoms with Gasteiger partial charge in [0.25, 0.3) is 0 Å². The number of esters is 6. The van der Waals surface area contributed by atoms with Crippen LogP contribution in [0.3, 0.4) is 0 Å². The third-order valence-corrected chi connectivity index (χ3v) is 11.4. The van der Waals surface area contributed by atoms with E-state index in [1.807, 2.05) is 41.5 Å². The van der Waals surface area contributed by atoms with E-state index in [0.29, 0.717) is 11.1 Å². The lowest BCUT2D eigenvalue weighted by Gasteiger charge is -2.24. The third kappa shape index (κ3) is 18.8. The van der Waals surface area contributed by atoms with Gasteiger partial charge in [0.15, 0.2) is 12.2 Å². The molecule has 0 aliphatic heterocycles. The molecule has 0 fully saturated rings. The van der Waals surface area contributed by atoms with E-state index in [2.05, 4.69) is 0 Å². The molecule has 4 atom stereocenters. The average Bonchev–Trinajstić information content (AvgIpc) is 3.40. The van der Waals surface area contributed by atoms with Crippen molar-refractivity contribution < 1.29 is 71.4 Å². The minimum absolute atomic E-state index is 0.263. The molecule has 6 aromatic carbocycles. The van der Waals surface area contributed by atoms with Crippen molar-refractivity contribution in [3.63, 3.8) is 0 Å². The van der Waals surface area contributed by atoms with Crippen LogP contribution in [0.15, 0.2) is 146 Å². The molecule has 6 aromatic rings. The van der Waals surface area contributed by atoms with Crippen LogP contribution in [0.5, 0.6) is 0 Å². The van der Waals surface area contributed by atoms with Crippen LogP contribution in [0.2, 0.25) is 0 Å². The molecule has 0 aromatic heterocycles. The van der Waals surface area contributed by atoms with Crippen LogP contribution >= 0.6 is 0 Å². The van der Waals surface area contributed by atoms with Crippen LogP contribution in [-0.2, 0) is 42.6 Å². The van der Waals surface area contributed by atoms with Crippen LogP contribution in [0, 0.1) is 41.5 Å². The lowest BCUT2D eigenvalue weighted by molar-refractivity contribution is -0.0873. The minimum Gasteiger partial charge on any atom is -0.458 e. The summed E-state index contributed by atoms with van der Waals surface area (Å²) in [6.07, 6.45) is -4.33. The van der Waals surface area contributed by atoms with Crippen LogP contribution in [-0.4, -0.2) is 113 Å². The van der Waals surface area contributed by atoms with Gasteiger partial charge in [-0.15, -0.1) is 0 Å². The van der Waals surface area contributed by atoms with Gasteiger partial charge in [0.05, 0.1) is 73.0 Å². The largest absolute Gasteiger partial charge is 0.458 e. The van der Waals surface area contributed by atoms with E-state index < -0.39 is 60.2 Å². The molecule has 0 saturated heterocycles. The van der Waals surface area contributed by atoms with Gasteiger partial charge in [0, 0.05) is 0 Å². The summed E-state index contributed by atoms with van der Waals surface area (Å²) in [4.78, 5) is 79.6. The third-order valence-electron chi connectivity index (χ3n) is 11.4. The van der Waals surface area contributed by atoms with Crippen molar-refractivity contribution in [3.05, 3.63) is 212 Å². The topological polar surface area (TPSA) is 185 Å². The Balaban J connectivity index is 1.15. The summed E-state index contributed by atoms with van der Waals surface area (Å²) >= 11 is 0. The number of carbonyl (C=O) groups excluding carboxylic acids is 6. The van der Waals surface area contributed by atoms with Crippen molar-refractivity contribution in [2.45, 2.75) is 66.0 Å². The summed E-state index contributed by atoms with van der Waals surface area (Å²) in [6.45, 7) is 8.92. The highest BCUT2D eigenvalue weighted by Gasteiger charge is 2.26. The molecule has 15 nitrogen and oxygen atoms in total.